The van der Waals surface area contributed by atoms with Crippen molar-refractivity contribution in [2.45, 2.75) is 12.5 Å². The highest BCUT2D eigenvalue weighted by Crippen LogP contribution is 2.17. The van der Waals surface area contributed by atoms with Gasteiger partial charge in [-0.3, -0.25) is 0 Å². The summed E-state index contributed by atoms with van der Waals surface area (Å²) in [7, 11) is 2.06. The fourth-order valence-electron chi connectivity index (χ4n) is 2.30. The highest BCUT2D eigenvalue weighted by atomic mass is 32.2. The molecule has 17 heavy (non-hydrogen) atoms. The lowest BCUT2D eigenvalue weighted by molar-refractivity contribution is 0.283. The van der Waals surface area contributed by atoms with Crippen LogP contribution in [0.2, 0.25) is 0 Å². The summed E-state index contributed by atoms with van der Waals surface area (Å²) in [5.41, 5.74) is 1.40. The van der Waals surface area contributed by atoms with Crippen LogP contribution in [0.3, 0.4) is 0 Å². The van der Waals surface area contributed by atoms with Gasteiger partial charge < -0.3 is 10.2 Å². The van der Waals surface area contributed by atoms with Gasteiger partial charge in [0.15, 0.2) is 0 Å². The highest BCUT2D eigenvalue weighted by Gasteiger charge is 2.13. The first-order chi connectivity index (χ1) is 8.40. The summed E-state index contributed by atoms with van der Waals surface area (Å²) in [5, 5.41) is 3.43. The van der Waals surface area contributed by atoms with Gasteiger partial charge in [-0.2, -0.15) is 11.8 Å². The molecule has 0 aromatic heterocycles. The van der Waals surface area contributed by atoms with Crippen molar-refractivity contribution in [1.82, 2.24) is 10.2 Å². The van der Waals surface area contributed by atoms with Gasteiger partial charge in [-0.25, -0.2) is 0 Å². The molecule has 1 aromatic rings. The van der Waals surface area contributed by atoms with Crippen molar-refractivity contribution >= 4 is 11.8 Å². The van der Waals surface area contributed by atoms with E-state index in [0.717, 1.165) is 0 Å². The van der Waals surface area contributed by atoms with E-state index in [4.69, 9.17) is 0 Å². The fourth-order valence-corrected chi connectivity index (χ4v) is 3.28. The molecule has 3 heteroatoms. The molecule has 0 spiro atoms. The van der Waals surface area contributed by atoms with Crippen LogP contribution in [0.4, 0.5) is 0 Å². The largest absolute Gasteiger partial charge is 0.313 e. The van der Waals surface area contributed by atoms with Crippen molar-refractivity contribution in [3.8, 4) is 0 Å². The Balaban J connectivity index is 1.83. The Morgan fingerprint density at radius 2 is 1.94 bits per heavy atom. The van der Waals surface area contributed by atoms with E-state index in [9.17, 15) is 0 Å². The molecule has 1 unspecified atom stereocenters. The molecule has 2 nitrogen and oxygen atoms in total. The summed E-state index contributed by atoms with van der Waals surface area (Å²) < 4.78 is 0. The van der Waals surface area contributed by atoms with Gasteiger partial charge >= 0.3 is 0 Å². The van der Waals surface area contributed by atoms with Gasteiger partial charge in [0, 0.05) is 37.2 Å². The third-order valence-electron chi connectivity index (χ3n) is 3.39. The smallest absolute Gasteiger partial charge is 0.0329 e. The molecule has 2 rings (SSSR count). The van der Waals surface area contributed by atoms with Crippen LogP contribution in [0, 0.1) is 0 Å². The van der Waals surface area contributed by atoms with E-state index in [0.29, 0.717) is 6.04 Å². The standard InChI is InChI=1S/C14H22N2S/c1-15-14(13-5-3-2-4-6-13)7-8-16-9-11-17-12-10-16/h2-6,14-15H,7-12H2,1H3. The lowest BCUT2D eigenvalue weighted by atomic mass is 10.0. The minimum absolute atomic E-state index is 0.491. The molecule has 94 valence electrons. The zero-order chi connectivity index (χ0) is 11.9. The predicted molar refractivity (Wildman–Crippen MR) is 76.6 cm³/mol. The van der Waals surface area contributed by atoms with Gasteiger partial charge in [0.05, 0.1) is 0 Å². The van der Waals surface area contributed by atoms with Gasteiger partial charge in [-0.15, -0.1) is 0 Å². The molecule has 1 saturated heterocycles. The first kappa shape index (κ1) is 12.9. The molecule has 0 radical (unpaired) electrons. The van der Waals surface area contributed by atoms with Crippen molar-refractivity contribution in [3.05, 3.63) is 35.9 Å². The molecule has 1 fully saturated rings. The van der Waals surface area contributed by atoms with Crippen LogP contribution in [0.25, 0.3) is 0 Å². The van der Waals surface area contributed by atoms with Crippen LogP contribution in [-0.2, 0) is 0 Å². The van der Waals surface area contributed by atoms with E-state index >= 15 is 0 Å². The molecular formula is C14H22N2S. The van der Waals surface area contributed by atoms with E-state index in [1.54, 1.807) is 0 Å². The average molecular weight is 250 g/mol. The second-order valence-electron chi connectivity index (χ2n) is 4.49. The number of thioether (sulfide) groups is 1. The van der Waals surface area contributed by atoms with E-state index in [2.05, 4.69) is 59.4 Å². The topological polar surface area (TPSA) is 15.3 Å². The van der Waals surface area contributed by atoms with E-state index in [1.165, 1.54) is 43.1 Å². The molecule has 0 bridgehead atoms. The van der Waals surface area contributed by atoms with Crippen LogP contribution in [-0.4, -0.2) is 43.1 Å². The fraction of sp³-hybridized carbons (Fsp3) is 0.571. The molecule has 0 amide bonds. The Kier molecular flexibility index (Phi) is 5.36. The summed E-state index contributed by atoms with van der Waals surface area (Å²) in [4.78, 5) is 2.59. The summed E-state index contributed by atoms with van der Waals surface area (Å²) >= 11 is 2.08. The number of nitrogens with zero attached hydrogens (tertiary/aromatic N) is 1. The quantitative estimate of drug-likeness (QED) is 0.864. The number of nitrogens with one attached hydrogen (secondary N) is 1. The minimum atomic E-state index is 0.491. The van der Waals surface area contributed by atoms with Gasteiger partial charge in [0.1, 0.15) is 0 Å². The molecule has 1 aliphatic rings. The molecule has 1 aromatic carbocycles. The summed E-state index contributed by atoms with van der Waals surface area (Å²) in [6, 6.07) is 11.2. The zero-order valence-electron chi connectivity index (χ0n) is 10.6. The van der Waals surface area contributed by atoms with Crippen molar-refractivity contribution < 1.29 is 0 Å². The summed E-state index contributed by atoms with van der Waals surface area (Å²) in [6.07, 6.45) is 1.20. The van der Waals surface area contributed by atoms with E-state index in [-0.39, 0.29) is 0 Å². The van der Waals surface area contributed by atoms with Gasteiger partial charge in [-0.1, -0.05) is 30.3 Å². The summed E-state index contributed by atoms with van der Waals surface area (Å²) in [6.45, 7) is 3.73. The summed E-state index contributed by atoms with van der Waals surface area (Å²) in [5.74, 6) is 2.60. The maximum Gasteiger partial charge on any atom is 0.0329 e. The Morgan fingerprint density at radius 1 is 1.24 bits per heavy atom. The van der Waals surface area contributed by atoms with Gasteiger partial charge in [0.2, 0.25) is 0 Å². The van der Waals surface area contributed by atoms with Crippen molar-refractivity contribution in [2.24, 2.45) is 0 Å². The van der Waals surface area contributed by atoms with Crippen molar-refractivity contribution in [2.75, 3.05) is 38.2 Å². The monoisotopic (exact) mass is 250 g/mol. The van der Waals surface area contributed by atoms with Crippen LogP contribution in [0.15, 0.2) is 30.3 Å². The normalized spacial score (nSPS) is 19.1. The SMILES string of the molecule is CNC(CCN1CCSCC1)c1ccccc1. The predicted octanol–water partition coefficient (Wildman–Crippen LogP) is 2.39. The Labute approximate surface area is 109 Å². The number of hydrogen-bond donors (Lipinski definition) is 1. The third kappa shape index (κ3) is 4.02. The second kappa shape index (κ2) is 7.04. The molecule has 0 saturated carbocycles. The molecule has 1 heterocycles. The molecule has 1 atom stereocenters. The maximum absolute atomic E-state index is 3.43. The van der Waals surface area contributed by atoms with Crippen LogP contribution in [0.1, 0.15) is 18.0 Å². The maximum atomic E-state index is 3.43. The van der Waals surface area contributed by atoms with Crippen molar-refractivity contribution in [1.29, 1.82) is 0 Å². The zero-order valence-corrected chi connectivity index (χ0v) is 11.4. The molecule has 1 N–H and O–H groups in total. The van der Waals surface area contributed by atoms with Crippen molar-refractivity contribution in [3.63, 3.8) is 0 Å². The number of rotatable bonds is 5. The highest BCUT2D eigenvalue weighted by molar-refractivity contribution is 7.99. The van der Waals surface area contributed by atoms with E-state index < -0.39 is 0 Å². The lowest BCUT2D eigenvalue weighted by Gasteiger charge is -2.28. The third-order valence-corrected chi connectivity index (χ3v) is 4.33. The average Bonchev–Trinajstić information content (AvgIpc) is 2.42. The minimum Gasteiger partial charge on any atom is -0.313 e. The molecular weight excluding hydrogens is 228 g/mol. The Hall–Kier alpha value is -0.510. The second-order valence-corrected chi connectivity index (χ2v) is 5.72. The van der Waals surface area contributed by atoms with Crippen LogP contribution >= 0.6 is 11.8 Å². The van der Waals surface area contributed by atoms with Crippen LogP contribution in [0.5, 0.6) is 0 Å². The van der Waals surface area contributed by atoms with Crippen LogP contribution < -0.4 is 5.32 Å². The Bertz CT molecular complexity index is 309. The Morgan fingerprint density at radius 3 is 2.59 bits per heavy atom. The number of benzene rings is 1. The van der Waals surface area contributed by atoms with Gasteiger partial charge in [0.25, 0.3) is 0 Å². The molecule has 0 aliphatic carbocycles. The lowest BCUT2D eigenvalue weighted by Crippen LogP contribution is -2.35. The first-order valence-corrected chi connectivity index (χ1v) is 7.58. The molecule has 1 aliphatic heterocycles. The van der Waals surface area contributed by atoms with E-state index in [1.807, 2.05) is 0 Å². The number of hydrogen-bond acceptors (Lipinski definition) is 3. The van der Waals surface area contributed by atoms with Gasteiger partial charge in [-0.05, 0) is 19.0 Å². The first-order valence-electron chi connectivity index (χ1n) is 6.42.